The average molecular weight is 382 g/mol. The summed E-state index contributed by atoms with van der Waals surface area (Å²) in [5.74, 6) is 1.09. The van der Waals surface area contributed by atoms with Gasteiger partial charge in [0, 0.05) is 22.1 Å². The molecule has 1 aromatic heterocycles. The van der Waals surface area contributed by atoms with Crippen LogP contribution in [0.25, 0.3) is 0 Å². The van der Waals surface area contributed by atoms with E-state index in [0.29, 0.717) is 22.2 Å². The number of hydrogen-bond donors (Lipinski definition) is 0. The van der Waals surface area contributed by atoms with Gasteiger partial charge in [0.1, 0.15) is 12.9 Å². The third-order valence-electron chi connectivity index (χ3n) is 3.91. The van der Waals surface area contributed by atoms with E-state index in [-0.39, 0.29) is 0 Å². The summed E-state index contributed by atoms with van der Waals surface area (Å²) >= 11 is 7.80. The zero-order valence-corrected chi connectivity index (χ0v) is 16.9. The van der Waals surface area contributed by atoms with E-state index in [0.717, 1.165) is 24.2 Å². The maximum Gasteiger partial charge on any atom is 0.205 e. The number of rotatable bonds is 6. The van der Waals surface area contributed by atoms with Crippen LogP contribution in [-0.2, 0) is 11.4 Å². The summed E-state index contributed by atoms with van der Waals surface area (Å²) in [6.07, 6.45) is 2.23. The summed E-state index contributed by atoms with van der Waals surface area (Å²) < 4.78 is 7.66. The number of ether oxygens (including phenoxy) is 1. The molecule has 0 atom stereocenters. The number of amidine groups is 1. The molecule has 0 aliphatic rings. The molecule has 0 aliphatic carbocycles. The van der Waals surface area contributed by atoms with Gasteiger partial charge in [-0.1, -0.05) is 30.1 Å². The van der Waals surface area contributed by atoms with Crippen LogP contribution >= 0.6 is 22.9 Å². The lowest BCUT2D eigenvalue weighted by Gasteiger charge is -2.09. The Morgan fingerprint density at radius 1 is 1.28 bits per heavy atom. The molecule has 0 bridgehead atoms. The highest BCUT2D eigenvalue weighted by molar-refractivity contribution is 7.09. The molecule has 0 saturated heterocycles. The lowest BCUT2D eigenvalue weighted by atomic mass is 10.2. The summed E-state index contributed by atoms with van der Waals surface area (Å²) in [6, 6.07) is 5.36. The van der Waals surface area contributed by atoms with E-state index < -0.39 is 0 Å². The van der Waals surface area contributed by atoms with E-state index in [2.05, 4.69) is 30.5 Å². The van der Waals surface area contributed by atoms with Crippen molar-refractivity contribution >= 4 is 28.8 Å². The van der Waals surface area contributed by atoms with Gasteiger partial charge in [0.2, 0.25) is 5.84 Å². The number of aromatic nitrogens is 1. The number of methoxy groups -OCH3 is 1. The molecule has 1 heterocycles. The standard InChI is InChI=1S/C18H24ClN3O2S/c1-6-7-10-22-12(2)13(3)25-18(22)20-17(21-24-5)15-11-14(19)8-9-16(15)23-4/h8-9,11H,6-7,10H2,1-5H3/b20-18-,21-17+. The van der Waals surface area contributed by atoms with Crippen molar-refractivity contribution in [3.05, 3.63) is 44.2 Å². The molecular formula is C18H24ClN3O2S. The molecule has 7 heteroatoms. The van der Waals surface area contributed by atoms with Gasteiger partial charge in [-0.2, -0.15) is 4.99 Å². The lowest BCUT2D eigenvalue weighted by molar-refractivity contribution is 0.213. The summed E-state index contributed by atoms with van der Waals surface area (Å²) in [4.78, 5) is 11.9. The van der Waals surface area contributed by atoms with Gasteiger partial charge in [0.25, 0.3) is 0 Å². The SMILES string of the molecule is CCCCn1c(C)c(C)s/c1=N\C(=N\OC)c1cc(Cl)ccc1OC. The van der Waals surface area contributed by atoms with Crippen molar-refractivity contribution in [2.24, 2.45) is 10.1 Å². The van der Waals surface area contributed by atoms with Gasteiger partial charge in [0.05, 0.1) is 12.7 Å². The van der Waals surface area contributed by atoms with Gasteiger partial charge in [0.15, 0.2) is 4.80 Å². The molecule has 25 heavy (non-hydrogen) atoms. The maximum atomic E-state index is 6.15. The molecule has 0 saturated carbocycles. The van der Waals surface area contributed by atoms with Crippen molar-refractivity contribution in [1.29, 1.82) is 0 Å². The second-order valence-electron chi connectivity index (χ2n) is 5.59. The molecule has 5 nitrogen and oxygen atoms in total. The first-order valence-corrected chi connectivity index (χ1v) is 9.37. The van der Waals surface area contributed by atoms with Gasteiger partial charge in [-0.25, -0.2) is 0 Å². The zero-order chi connectivity index (χ0) is 18.4. The van der Waals surface area contributed by atoms with Gasteiger partial charge in [-0.15, -0.1) is 11.3 Å². The topological polar surface area (TPSA) is 48.1 Å². The van der Waals surface area contributed by atoms with Gasteiger partial charge < -0.3 is 14.1 Å². The van der Waals surface area contributed by atoms with E-state index in [1.54, 1.807) is 36.6 Å². The van der Waals surface area contributed by atoms with Crippen LogP contribution in [0.15, 0.2) is 28.3 Å². The highest BCUT2D eigenvalue weighted by atomic mass is 35.5. The number of hydrogen-bond acceptors (Lipinski definition) is 4. The number of thiazole rings is 1. The number of oxime groups is 1. The summed E-state index contributed by atoms with van der Waals surface area (Å²) in [5, 5.41) is 4.69. The Labute approximate surface area is 157 Å². The van der Waals surface area contributed by atoms with Crippen molar-refractivity contribution < 1.29 is 9.57 Å². The third kappa shape index (κ3) is 4.64. The zero-order valence-electron chi connectivity index (χ0n) is 15.3. The van der Waals surface area contributed by atoms with Crippen molar-refractivity contribution in [3.63, 3.8) is 0 Å². The van der Waals surface area contributed by atoms with Gasteiger partial charge >= 0.3 is 0 Å². The first-order chi connectivity index (χ1) is 12.0. The smallest absolute Gasteiger partial charge is 0.205 e. The fourth-order valence-electron chi connectivity index (χ4n) is 2.42. The van der Waals surface area contributed by atoms with E-state index in [9.17, 15) is 0 Å². The van der Waals surface area contributed by atoms with Crippen LogP contribution < -0.4 is 9.54 Å². The Kier molecular flexibility index (Phi) is 7.08. The molecule has 2 aromatic rings. The number of aryl methyl sites for hydroxylation is 1. The Hall–Kier alpha value is -1.79. The van der Waals surface area contributed by atoms with Crippen LogP contribution in [0, 0.1) is 13.8 Å². The minimum atomic E-state index is 0.438. The third-order valence-corrected chi connectivity index (χ3v) is 5.24. The van der Waals surface area contributed by atoms with Gasteiger partial charge in [-0.3, -0.25) is 0 Å². The normalized spacial score (nSPS) is 12.6. The van der Waals surface area contributed by atoms with E-state index >= 15 is 0 Å². The Morgan fingerprint density at radius 3 is 2.68 bits per heavy atom. The number of nitrogens with zero attached hydrogens (tertiary/aromatic N) is 3. The predicted molar refractivity (Wildman–Crippen MR) is 104 cm³/mol. The van der Waals surface area contributed by atoms with Crippen LogP contribution in [0.3, 0.4) is 0 Å². The number of benzene rings is 1. The molecule has 1 aromatic carbocycles. The first-order valence-electron chi connectivity index (χ1n) is 8.18. The fraction of sp³-hybridized carbons (Fsp3) is 0.444. The minimum absolute atomic E-state index is 0.438. The second-order valence-corrected chi connectivity index (χ2v) is 7.20. The van der Waals surface area contributed by atoms with Crippen LogP contribution in [0.1, 0.15) is 35.9 Å². The molecule has 0 amide bonds. The van der Waals surface area contributed by atoms with E-state index in [1.807, 2.05) is 0 Å². The summed E-state index contributed by atoms with van der Waals surface area (Å²) in [6.45, 7) is 7.33. The van der Waals surface area contributed by atoms with Crippen LogP contribution in [0.2, 0.25) is 5.02 Å². The summed E-state index contributed by atoms with van der Waals surface area (Å²) in [5.41, 5.74) is 1.93. The van der Waals surface area contributed by atoms with Crippen LogP contribution in [0.5, 0.6) is 5.75 Å². The molecule has 0 N–H and O–H groups in total. The predicted octanol–water partition coefficient (Wildman–Crippen LogP) is 4.54. The van der Waals surface area contributed by atoms with Crippen molar-refractivity contribution in [2.75, 3.05) is 14.2 Å². The van der Waals surface area contributed by atoms with Crippen LogP contribution in [-0.4, -0.2) is 24.6 Å². The van der Waals surface area contributed by atoms with E-state index in [4.69, 9.17) is 26.2 Å². The summed E-state index contributed by atoms with van der Waals surface area (Å²) in [7, 11) is 3.11. The maximum absolute atomic E-state index is 6.15. The number of halogens is 1. The first kappa shape index (κ1) is 19.5. The molecule has 0 unspecified atom stereocenters. The highest BCUT2D eigenvalue weighted by Gasteiger charge is 2.13. The quantitative estimate of drug-likeness (QED) is 0.419. The van der Waals surface area contributed by atoms with Crippen LogP contribution in [0.4, 0.5) is 0 Å². The lowest BCUT2D eigenvalue weighted by Crippen LogP contribution is -2.19. The van der Waals surface area contributed by atoms with Crippen molar-refractivity contribution in [1.82, 2.24) is 4.57 Å². The second kappa shape index (κ2) is 9.06. The minimum Gasteiger partial charge on any atom is -0.496 e. The van der Waals surface area contributed by atoms with Gasteiger partial charge in [-0.05, 0) is 38.5 Å². The average Bonchev–Trinajstić information content (AvgIpc) is 2.86. The molecule has 136 valence electrons. The Balaban J connectivity index is 2.61. The van der Waals surface area contributed by atoms with E-state index in [1.165, 1.54) is 17.7 Å². The molecule has 0 spiro atoms. The Morgan fingerprint density at radius 2 is 2.04 bits per heavy atom. The number of unbranched alkanes of at least 4 members (excludes halogenated alkanes) is 1. The molecule has 0 aliphatic heterocycles. The fourth-order valence-corrected chi connectivity index (χ4v) is 3.60. The largest absolute Gasteiger partial charge is 0.496 e. The Bertz CT molecular complexity index is 824. The molecule has 2 rings (SSSR count). The highest BCUT2D eigenvalue weighted by Crippen LogP contribution is 2.24. The van der Waals surface area contributed by atoms with Crippen molar-refractivity contribution in [3.8, 4) is 5.75 Å². The molecular weight excluding hydrogens is 358 g/mol. The molecule has 0 fully saturated rings. The molecule has 0 radical (unpaired) electrons. The monoisotopic (exact) mass is 381 g/mol. The van der Waals surface area contributed by atoms with Crippen molar-refractivity contribution in [2.45, 2.75) is 40.2 Å².